The molecule has 0 amide bonds. The van der Waals surface area contributed by atoms with E-state index >= 15 is 0 Å². The number of aromatic nitrogens is 4. The van der Waals surface area contributed by atoms with Gasteiger partial charge in [-0.1, -0.05) is 161 Å². The second kappa shape index (κ2) is 14.0. The number of nitrogens with zero attached hydrogens (tertiary/aromatic N) is 4. The number of rotatable bonds is 4. The third-order valence-corrected chi connectivity index (χ3v) is 16.3. The quantitative estimate of drug-likeness (QED) is 0.177. The average Bonchev–Trinajstić information content (AvgIpc) is 4.02. The lowest BCUT2D eigenvalue weighted by Gasteiger charge is -2.42. The lowest BCUT2D eigenvalue weighted by molar-refractivity contribution is 0.334. The molecule has 320 valence electrons. The molecule has 0 unspecified atom stereocenters. The Morgan fingerprint density at radius 2 is 1.06 bits per heavy atom. The van der Waals surface area contributed by atoms with E-state index in [0.717, 1.165) is 56.4 Å². The molecule has 0 saturated heterocycles. The summed E-state index contributed by atoms with van der Waals surface area (Å²) in [6, 6.07) is 67.0. The molecule has 0 bridgehead atoms. The smallest absolute Gasteiger partial charge is 0.235 e. The minimum Gasteiger partial charge on any atom is -0.309 e. The Morgan fingerprint density at radius 3 is 1.88 bits per heavy atom. The molecule has 9 aromatic carbocycles. The molecular formula is C62H46N4S. The van der Waals surface area contributed by atoms with E-state index in [1.165, 1.54) is 81.1 Å². The van der Waals surface area contributed by atoms with Gasteiger partial charge in [0.2, 0.25) is 5.95 Å². The first-order valence-corrected chi connectivity index (χ1v) is 24.3. The maximum absolute atomic E-state index is 5.73. The van der Waals surface area contributed by atoms with Gasteiger partial charge in [0.1, 0.15) is 0 Å². The molecule has 0 radical (unpaired) electrons. The summed E-state index contributed by atoms with van der Waals surface area (Å²) >= 11 is 1.78. The van der Waals surface area contributed by atoms with Crippen LogP contribution in [0.4, 0.5) is 0 Å². The van der Waals surface area contributed by atoms with E-state index in [9.17, 15) is 0 Å². The number of benzene rings is 9. The highest BCUT2D eigenvalue weighted by molar-refractivity contribution is 7.26. The van der Waals surface area contributed by atoms with Crippen molar-refractivity contribution in [2.24, 2.45) is 0 Å². The highest BCUT2D eigenvalue weighted by atomic mass is 32.1. The van der Waals surface area contributed by atoms with E-state index in [0.29, 0.717) is 5.95 Å². The minimum absolute atomic E-state index is 0.0343. The number of hydrogen-bond acceptors (Lipinski definition) is 3. The molecule has 4 heterocycles. The first-order valence-electron chi connectivity index (χ1n) is 23.5. The van der Waals surface area contributed by atoms with E-state index in [4.69, 9.17) is 9.97 Å². The maximum Gasteiger partial charge on any atom is 0.235 e. The van der Waals surface area contributed by atoms with Gasteiger partial charge in [-0.15, -0.1) is 11.3 Å². The van der Waals surface area contributed by atoms with Gasteiger partial charge in [0.05, 0.1) is 38.0 Å². The van der Waals surface area contributed by atoms with Gasteiger partial charge in [-0.3, -0.25) is 4.57 Å². The van der Waals surface area contributed by atoms with Crippen LogP contribution in [-0.2, 0) is 10.8 Å². The molecule has 4 nitrogen and oxygen atoms in total. The SMILES string of the molecule is CC1(C)CCC(C)(C)c2c1ccc1c2c2cc3c(cc2n1-c1nc(-c2ccc(-c4ccc5ccccc5c4)cc2)c2sc4ccccc4c2n1)c1c2ccccc2ccc1n3-c1ccccc1. The molecule has 0 aliphatic heterocycles. The van der Waals surface area contributed by atoms with Crippen LogP contribution >= 0.6 is 11.3 Å². The molecule has 13 aromatic rings. The Labute approximate surface area is 392 Å². The minimum atomic E-state index is -0.0485. The zero-order chi connectivity index (χ0) is 44.8. The normalized spacial score (nSPS) is 14.7. The zero-order valence-electron chi connectivity index (χ0n) is 37.9. The van der Waals surface area contributed by atoms with Gasteiger partial charge >= 0.3 is 0 Å². The molecule has 0 saturated carbocycles. The highest BCUT2D eigenvalue weighted by Crippen LogP contribution is 2.52. The molecule has 0 atom stereocenters. The van der Waals surface area contributed by atoms with E-state index in [2.05, 4.69) is 219 Å². The van der Waals surface area contributed by atoms with E-state index < -0.39 is 0 Å². The lowest BCUT2D eigenvalue weighted by Crippen LogP contribution is -2.34. The Balaban J connectivity index is 1.10. The summed E-state index contributed by atoms with van der Waals surface area (Å²) in [7, 11) is 0. The number of fused-ring (bicyclic) bond motifs is 14. The topological polar surface area (TPSA) is 35.6 Å². The third kappa shape index (κ3) is 5.65. The predicted molar refractivity (Wildman–Crippen MR) is 285 cm³/mol. The van der Waals surface area contributed by atoms with Crippen LogP contribution in [0.2, 0.25) is 0 Å². The third-order valence-electron chi connectivity index (χ3n) is 15.2. The average molecular weight is 879 g/mol. The summed E-state index contributed by atoms with van der Waals surface area (Å²) in [5, 5.41) is 11.1. The monoisotopic (exact) mass is 878 g/mol. The summed E-state index contributed by atoms with van der Waals surface area (Å²) in [4.78, 5) is 11.4. The van der Waals surface area contributed by atoms with Crippen LogP contribution in [0.25, 0.3) is 119 Å². The fraction of sp³-hybridized carbons (Fsp3) is 0.129. The van der Waals surface area contributed by atoms with Crippen molar-refractivity contribution in [3.63, 3.8) is 0 Å². The summed E-state index contributed by atoms with van der Waals surface area (Å²) in [6.45, 7) is 9.77. The van der Waals surface area contributed by atoms with Crippen molar-refractivity contribution in [3.8, 4) is 34.0 Å². The molecule has 14 rings (SSSR count). The molecular weight excluding hydrogens is 833 g/mol. The zero-order valence-corrected chi connectivity index (χ0v) is 38.7. The van der Waals surface area contributed by atoms with Crippen molar-refractivity contribution < 1.29 is 0 Å². The van der Waals surface area contributed by atoms with Crippen molar-refractivity contribution in [3.05, 3.63) is 193 Å². The fourth-order valence-corrected chi connectivity index (χ4v) is 12.8. The second-order valence-corrected chi connectivity index (χ2v) is 21.1. The summed E-state index contributed by atoms with van der Waals surface area (Å²) in [5.41, 5.74) is 14.1. The molecule has 0 fully saturated rings. The first-order chi connectivity index (χ1) is 32.7. The largest absolute Gasteiger partial charge is 0.309 e. The molecule has 1 aliphatic rings. The van der Waals surface area contributed by atoms with Crippen molar-refractivity contribution in [2.75, 3.05) is 0 Å². The molecule has 67 heavy (non-hydrogen) atoms. The van der Waals surface area contributed by atoms with Gasteiger partial charge in [0, 0.05) is 42.9 Å². The fourth-order valence-electron chi connectivity index (χ4n) is 11.7. The van der Waals surface area contributed by atoms with E-state index in [-0.39, 0.29) is 10.8 Å². The molecule has 5 heteroatoms. The summed E-state index contributed by atoms with van der Waals surface area (Å²) < 4.78 is 7.19. The second-order valence-electron chi connectivity index (χ2n) is 20.0. The van der Waals surface area contributed by atoms with Gasteiger partial charge in [-0.05, 0) is 116 Å². The van der Waals surface area contributed by atoms with Crippen LogP contribution in [0, 0.1) is 0 Å². The predicted octanol–water partition coefficient (Wildman–Crippen LogP) is 17.0. The van der Waals surface area contributed by atoms with Crippen LogP contribution < -0.4 is 0 Å². The van der Waals surface area contributed by atoms with E-state index in [1.807, 2.05) is 0 Å². The molecule has 4 aromatic heterocycles. The van der Waals surface area contributed by atoms with Gasteiger partial charge in [-0.25, -0.2) is 9.97 Å². The van der Waals surface area contributed by atoms with Gasteiger partial charge in [-0.2, -0.15) is 0 Å². The van der Waals surface area contributed by atoms with Crippen LogP contribution in [-0.4, -0.2) is 19.1 Å². The Kier molecular flexibility index (Phi) is 8.05. The Bertz CT molecular complexity index is 4200. The van der Waals surface area contributed by atoms with E-state index in [1.54, 1.807) is 11.3 Å². The highest BCUT2D eigenvalue weighted by Gasteiger charge is 2.40. The molecule has 0 spiro atoms. The Morgan fingerprint density at radius 1 is 0.448 bits per heavy atom. The van der Waals surface area contributed by atoms with Crippen LogP contribution in [0.5, 0.6) is 0 Å². The van der Waals surface area contributed by atoms with Crippen molar-refractivity contribution in [1.82, 2.24) is 19.1 Å². The van der Waals surface area contributed by atoms with Gasteiger partial charge in [0.15, 0.2) is 0 Å². The molecule has 1 aliphatic carbocycles. The van der Waals surface area contributed by atoms with Gasteiger partial charge < -0.3 is 4.57 Å². The van der Waals surface area contributed by atoms with Crippen molar-refractivity contribution >= 4 is 96.8 Å². The van der Waals surface area contributed by atoms with Crippen LogP contribution in [0.3, 0.4) is 0 Å². The molecule has 0 N–H and O–H groups in total. The number of para-hydroxylation sites is 1. The lowest BCUT2D eigenvalue weighted by atomic mass is 9.62. The maximum atomic E-state index is 5.73. The van der Waals surface area contributed by atoms with Crippen LogP contribution in [0.15, 0.2) is 182 Å². The summed E-state index contributed by atoms with van der Waals surface area (Å²) in [5.74, 6) is 0.688. The van der Waals surface area contributed by atoms with Crippen molar-refractivity contribution in [1.29, 1.82) is 0 Å². The number of hydrogen-bond donors (Lipinski definition) is 0. The van der Waals surface area contributed by atoms with Crippen LogP contribution in [0.1, 0.15) is 51.7 Å². The summed E-state index contributed by atoms with van der Waals surface area (Å²) in [6.07, 6.45) is 2.25. The standard InChI is InChI=1S/C62H46N4S/c1-61(2)32-33-62(3,4)56-48(61)29-31-50-55(56)47-36-51-46(54-44-19-11-10-15-39(44)28-30-49(54)65(51)43-17-6-5-7-18-43)35-52(47)66(50)60-63-57(59-58(64-60)45-20-12-13-21-53(45)67-59)40-25-22-38(23-26-40)42-27-24-37-14-8-9-16-41(37)34-42/h5-31,34-36H,32-33H2,1-4H3. The number of thiophene rings is 1. The first kappa shape index (κ1) is 38.6. The van der Waals surface area contributed by atoms with Gasteiger partial charge in [0.25, 0.3) is 0 Å². The van der Waals surface area contributed by atoms with Crippen molar-refractivity contribution in [2.45, 2.75) is 51.4 Å². The Hall–Kier alpha value is -7.60.